The van der Waals surface area contributed by atoms with Crippen molar-refractivity contribution in [2.75, 3.05) is 13.2 Å². The van der Waals surface area contributed by atoms with Gasteiger partial charge in [0, 0.05) is 23.1 Å². The SMILES string of the molecule is CCCCOC1C(c2cc(Cl)ccc2O[C@@H](C)C(=O)OCC)=NOC1C1CC1. The highest BCUT2D eigenvalue weighted by molar-refractivity contribution is 6.31. The molecule has 1 heterocycles. The Morgan fingerprint density at radius 3 is 2.82 bits per heavy atom. The van der Waals surface area contributed by atoms with E-state index in [0.717, 1.165) is 25.7 Å². The third kappa shape index (κ3) is 4.97. The number of carbonyl (C=O) groups is 1. The van der Waals surface area contributed by atoms with Crippen molar-refractivity contribution in [1.29, 1.82) is 0 Å². The van der Waals surface area contributed by atoms with E-state index in [1.807, 2.05) is 0 Å². The number of unbranched alkanes of at least 4 members (excludes halogenated alkanes) is 1. The molecule has 1 aliphatic carbocycles. The standard InChI is InChI=1S/C21H28ClNO5/c1-4-6-11-26-20-18(23-28-19(20)14-7-8-14)16-12-15(22)9-10-17(16)27-13(3)21(24)25-5-2/h9-10,12-14,19-20H,4-8,11H2,1-3H3/t13-,19?,20?/m0/s1. The second-order valence-corrected chi connectivity index (χ2v) is 7.62. The number of rotatable bonds is 10. The van der Waals surface area contributed by atoms with Gasteiger partial charge in [0.25, 0.3) is 0 Å². The number of hydrogen-bond donors (Lipinski definition) is 0. The quantitative estimate of drug-likeness (QED) is 0.424. The Hall–Kier alpha value is -1.79. The van der Waals surface area contributed by atoms with Gasteiger partial charge in [0.15, 0.2) is 12.2 Å². The van der Waals surface area contributed by atoms with Gasteiger partial charge in [-0.05, 0) is 51.3 Å². The molecule has 7 heteroatoms. The third-order valence-corrected chi connectivity index (χ3v) is 5.10. The molecule has 0 saturated heterocycles. The average Bonchev–Trinajstić information content (AvgIpc) is 3.44. The molecule has 0 aromatic heterocycles. The molecule has 6 nitrogen and oxygen atoms in total. The van der Waals surface area contributed by atoms with E-state index < -0.39 is 12.1 Å². The van der Waals surface area contributed by atoms with Crippen LogP contribution in [0.15, 0.2) is 23.4 Å². The zero-order chi connectivity index (χ0) is 20.1. The maximum Gasteiger partial charge on any atom is 0.347 e. The third-order valence-electron chi connectivity index (χ3n) is 4.86. The van der Waals surface area contributed by atoms with Crippen LogP contribution >= 0.6 is 11.6 Å². The molecule has 3 atom stereocenters. The Labute approximate surface area is 171 Å². The topological polar surface area (TPSA) is 66.4 Å². The molecular formula is C21H28ClNO5. The van der Waals surface area contributed by atoms with Gasteiger partial charge in [-0.15, -0.1) is 0 Å². The molecule has 154 valence electrons. The van der Waals surface area contributed by atoms with Crippen LogP contribution < -0.4 is 4.74 Å². The molecule has 28 heavy (non-hydrogen) atoms. The molecule has 0 bridgehead atoms. The minimum atomic E-state index is -0.749. The number of benzene rings is 1. The molecule has 1 aromatic carbocycles. The first-order valence-electron chi connectivity index (χ1n) is 10.0. The molecule has 0 N–H and O–H groups in total. The summed E-state index contributed by atoms with van der Waals surface area (Å²) in [6, 6.07) is 5.24. The summed E-state index contributed by atoms with van der Waals surface area (Å²) in [5.74, 6) is 0.558. The summed E-state index contributed by atoms with van der Waals surface area (Å²) in [5.41, 5.74) is 1.36. The average molecular weight is 410 g/mol. The van der Waals surface area contributed by atoms with Gasteiger partial charge < -0.3 is 19.0 Å². The Kier molecular flexibility index (Phi) is 7.18. The van der Waals surface area contributed by atoms with Crippen molar-refractivity contribution in [2.24, 2.45) is 11.1 Å². The Morgan fingerprint density at radius 2 is 2.14 bits per heavy atom. The molecule has 2 unspecified atom stereocenters. The first-order valence-corrected chi connectivity index (χ1v) is 10.4. The van der Waals surface area contributed by atoms with Crippen molar-refractivity contribution < 1.29 is 23.8 Å². The van der Waals surface area contributed by atoms with E-state index in [0.29, 0.717) is 41.2 Å². The highest BCUT2D eigenvalue weighted by Crippen LogP contribution is 2.41. The van der Waals surface area contributed by atoms with E-state index >= 15 is 0 Å². The molecule has 0 amide bonds. The fraction of sp³-hybridized carbons (Fsp3) is 0.619. The molecule has 0 radical (unpaired) electrons. The monoisotopic (exact) mass is 409 g/mol. The predicted molar refractivity (Wildman–Crippen MR) is 107 cm³/mol. The number of halogens is 1. The number of hydrogen-bond acceptors (Lipinski definition) is 6. The van der Waals surface area contributed by atoms with Gasteiger partial charge in [-0.2, -0.15) is 0 Å². The molecule has 1 fully saturated rings. The van der Waals surface area contributed by atoms with E-state index in [4.69, 9.17) is 30.6 Å². The van der Waals surface area contributed by atoms with Crippen LogP contribution in [0.3, 0.4) is 0 Å². The fourth-order valence-corrected chi connectivity index (χ4v) is 3.34. The minimum Gasteiger partial charge on any atom is -0.478 e. The molecule has 1 saturated carbocycles. The van der Waals surface area contributed by atoms with Crippen LogP contribution in [-0.2, 0) is 19.1 Å². The normalized spacial score (nSPS) is 22.4. The lowest BCUT2D eigenvalue weighted by Crippen LogP contribution is -2.35. The summed E-state index contributed by atoms with van der Waals surface area (Å²) in [6.07, 6.45) is 3.18. The number of ether oxygens (including phenoxy) is 3. The zero-order valence-corrected chi connectivity index (χ0v) is 17.4. The minimum absolute atomic E-state index is 0.0823. The van der Waals surface area contributed by atoms with Gasteiger partial charge >= 0.3 is 5.97 Å². The van der Waals surface area contributed by atoms with Crippen molar-refractivity contribution in [1.82, 2.24) is 0 Å². The smallest absolute Gasteiger partial charge is 0.347 e. The number of oxime groups is 1. The molecule has 0 spiro atoms. The van der Waals surface area contributed by atoms with Crippen LogP contribution in [0.25, 0.3) is 0 Å². The lowest BCUT2D eigenvalue weighted by atomic mass is 9.98. The van der Waals surface area contributed by atoms with Crippen LogP contribution in [0.4, 0.5) is 0 Å². The Morgan fingerprint density at radius 1 is 1.36 bits per heavy atom. The maximum absolute atomic E-state index is 12.0. The van der Waals surface area contributed by atoms with Crippen molar-refractivity contribution in [2.45, 2.75) is 64.8 Å². The van der Waals surface area contributed by atoms with Gasteiger partial charge in [-0.1, -0.05) is 30.1 Å². The number of carbonyl (C=O) groups excluding carboxylic acids is 1. The summed E-state index contributed by atoms with van der Waals surface area (Å²) in [4.78, 5) is 17.7. The highest BCUT2D eigenvalue weighted by atomic mass is 35.5. The van der Waals surface area contributed by atoms with Crippen LogP contribution in [0.2, 0.25) is 5.02 Å². The Balaban J connectivity index is 1.83. The van der Waals surface area contributed by atoms with Crippen LogP contribution in [0, 0.1) is 5.92 Å². The van der Waals surface area contributed by atoms with E-state index in [-0.39, 0.29) is 12.2 Å². The van der Waals surface area contributed by atoms with E-state index in [2.05, 4.69) is 12.1 Å². The number of esters is 1. The van der Waals surface area contributed by atoms with Crippen LogP contribution in [-0.4, -0.2) is 43.2 Å². The van der Waals surface area contributed by atoms with Crippen LogP contribution in [0.5, 0.6) is 5.75 Å². The van der Waals surface area contributed by atoms with Gasteiger partial charge in [-0.25, -0.2) is 4.79 Å². The first kappa shape index (κ1) is 20.9. The molecule has 3 rings (SSSR count). The Bertz CT molecular complexity index is 719. The summed E-state index contributed by atoms with van der Waals surface area (Å²) >= 11 is 6.25. The largest absolute Gasteiger partial charge is 0.478 e. The summed E-state index contributed by atoms with van der Waals surface area (Å²) in [5, 5.41) is 4.89. The van der Waals surface area contributed by atoms with Gasteiger partial charge in [-0.3, -0.25) is 0 Å². The van der Waals surface area contributed by atoms with Crippen molar-refractivity contribution in [3.63, 3.8) is 0 Å². The van der Waals surface area contributed by atoms with Crippen molar-refractivity contribution in [3.05, 3.63) is 28.8 Å². The molecule has 1 aromatic rings. The fourth-order valence-electron chi connectivity index (χ4n) is 3.17. The molecule has 2 aliphatic rings. The lowest BCUT2D eigenvalue weighted by Gasteiger charge is -2.21. The summed E-state index contributed by atoms with van der Waals surface area (Å²) < 4.78 is 17.1. The highest BCUT2D eigenvalue weighted by Gasteiger charge is 2.46. The summed E-state index contributed by atoms with van der Waals surface area (Å²) in [6.45, 7) is 6.49. The van der Waals surface area contributed by atoms with Gasteiger partial charge in [0.05, 0.1) is 6.61 Å². The van der Waals surface area contributed by atoms with E-state index in [9.17, 15) is 4.79 Å². The molecular weight excluding hydrogens is 382 g/mol. The number of nitrogens with zero attached hydrogens (tertiary/aromatic N) is 1. The van der Waals surface area contributed by atoms with E-state index in [1.54, 1.807) is 32.0 Å². The van der Waals surface area contributed by atoms with Gasteiger partial charge in [0.1, 0.15) is 17.6 Å². The van der Waals surface area contributed by atoms with Gasteiger partial charge in [0.2, 0.25) is 0 Å². The summed E-state index contributed by atoms with van der Waals surface area (Å²) in [7, 11) is 0. The second kappa shape index (κ2) is 9.61. The zero-order valence-electron chi connectivity index (χ0n) is 16.7. The van der Waals surface area contributed by atoms with Crippen molar-refractivity contribution >= 4 is 23.3 Å². The second-order valence-electron chi connectivity index (χ2n) is 7.18. The molecule has 1 aliphatic heterocycles. The lowest BCUT2D eigenvalue weighted by molar-refractivity contribution is -0.150. The van der Waals surface area contributed by atoms with Crippen LogP contribution in [0.1, 0.15) is 52.0 Å². The predicted octanol–water partition coefficient (Wildman–Crippen LogP) is 4.37. The van der Waals surface area contributed by atoms with Crippen molar-refractivity contribution in [3.8, 4) is 5.75 Å². The van der Waals surface area contributed by atoms with E-state index in [1.165, 1.54) is 0 Å². The first-order chi connectivity index (χ1) is 13.5. The maximum atomic E-state index is 12.0.